The molecule has 0 aromatic heterocycles. The number of nitrogens with zero attached hydrogens (tertiary/aromatic N) is 1. The lowest BCUT2D eigenvalue weighted by atomic mass is 10.1. The normalized spacial score (nSPS) is 14.1. The Hall–Kier alpha value is -4.48. The number of hydrogen-bond donors (Lipinski definition) is 10. The number of amides is 6. The minimum Gasteiger partial charge on any atom is -0.481 e. The Kier molecular flexibility index (Phi) is 17.5. The van der Waals surface area contributed by atoms with Crippen LogP contribution in [0.5, 0.6) is 0 Å². The first-order valence-corrected chi connectivity index (χ1v) is 13.3. The van der Waals surface area contributed by atoms with Gasteiger partial charge in [0, 0.05) is 13.5 Å². The van der Waals surface area contributed by atoms with Crippen LogP contribution in [0.4, 0.5) is 0 Å². The minimum atomic E-state index is -1.51. The average Bonchev–Trinajstić information content (AvgIpc) is 2.88. The van der Waals surface area contributed by atoms with Gasteiger partial charge in [-0.15, -0.1) is 0 Å². The summed E-state index contributed by atoms with van der Waals surface area (Å²) >= 11 is 0. The maximum Gasteiger partial charge on any atom is 0.305 e. The third-order valence-corrected chi connectivity index (χ3v) is 5.76. The standard InChI is InChI=1S/C24H44N10O8/c1-12(30-22(41)15(32-14(3)35)7-4-5-9-25)20(39)33-16(8-6-10-29-24(27)28)23(42)31-13(2)21(40)34-17(19(26)38)11-18(36)37/h12-13,15-17H,4-11,25H2,1-3H3,(H2,26,38)(H,30,41)(H,31,42)(H,32,35)(H,33,39)(H,34,40)(H,36,37)(H4,27,28,29)/t12-,13-,15-,16-,17-/m0/s1. The van der Waals surface area contributed by atoms with Crippen LogP contribution in [-0.2, 0) is 33.6 Å². The lowest BCUT2D eigenvalue weighted by molar-refractivity contribution is -0.140. The summed E-state index contributed by atoms with van der Waals surface area (Å²) in [5.74, 6) is -6.08. The van der Waals surface area contributed by atoms with Gasteiger partial charge >= 0.3 is 5.97 Å². The van der Waals surface area contributed by atoms with Crippen LogP contribution in [0.1, 0.15) is 59.3 Å². The van der Waals surface area contributed by atoms with Crippen molar-refractivity contribution in [1.29, 1.82) is 0 Å². The number of nitrogens with one attached hydrogen (secondary N) is 5. The second kappa shape index (κ2) is 19.6. The van der Waals surface area contributed by atoms with Crippen LogP contribution >= 0.6 is 0 Å². The molecule has 18 heteroatoms. The van der Waals surface area contributed by atoms with E-state index < -0.39 is 78.0 Å². The van der Waals surface area contributed by atoms with Crippen molar-refractivity contribution in [2.75, 3.05) is 13.1 Å². The van der Waals surface area contributed by atoms with Gasteiger partial charge in [-0.05, 0) is 52.5 Å². The molecule has 0 spiro atoms. The van der Waals surface area contributed by atoms with E-state index in [1.54, 1.807) is 0 Å². The molecule has 0 bridgehead atoms. The third-order valence-electron chi connectivity index (χ3n) is 5.76. The average molecular weight is 601 g/mol. The number of unbranched alkanes of at least 4 members (excludes halogenated alkanes) is 1. The van der Waals surface area contributed by atoms with Gasteiger partial charge in [0.1, 0.15) is 30.2 Å². The van der Waals surface area contributed by atoms with Crippen LogP contribution in [0.25, 0.3) is 0 Å². The number of aliphatic carboxylic acids is 1. The molecule has 6 amide bonds. The molecule has 0 fully saturated rings. The van der Waals surface area contributed by atoms with E-state index in [0.717, 1.165) is 0 Å². The number of primary amides is 1. The van der Waals surface area contributed by atoms with Crippen molar-refractivity contribution in [3.63, 3.8) is 0 Å². The molecule has 0 aromatic rings. The van der Waals surface area contributed by atoms with Crippen molar-refractivity contribution in [3.8, 4) is 0 Å². The molecule has 14 N–H and O–H groups in total. The van der Waals surface area contributed by atoms with Gasteiger partial charge in [0.05, 0.1) is 6.42 Å². The molecule has 0 aliphatic carbocycles. The third kappa shape index (κ3) is 15.9. The fourth-order valence-corrected chi connectivity index (χ4v) is 3.53. The predicted octanol–water partition coefficient (Wildman–Crippen LogP) is -4.39. The molecule has 238 valence electrons. The summed E-state index contributed by atoms with van der Waals surface area (Å²) in [7, 11) is 0. The van der Waals surface area contributed by atoms with Crippen LogP contribution in [0.2, 0.25) is 0 Å². The van der Waals surface area contributed by atoms with Crippen LogP contribution in [-0.4, -0.2) is 95.8 Å². The van der Waals surface area contributed by atoms with Crippen LogP contribution in [0, 0.1) is 0 Å². The lowest BCUT2D eigenvalue weighted by Crippen LogP contribution is -2.58. The Balaban J connectivity index is 5.49. The maximum absolute atomic E-state index is 13.0. The van der Waals surface area contributed by atoms with Gasteiger partial charge in [-0.3, -0.25) is 38.6 Å². The SMILES string of the molecule is CC(=O)N[C@@H](CCCCN)C(=O)N[C@@H](C)C(=O)N[C@@H](CCCN=C(N)N)C(=O)N[C@@H](C)C(=O)N[C@@H](CC(=O)O)C(N)=O. The highest BCUT2D eigenvalue weighted by Crippen LogP contribution is 2.04. The van der Waals surface area contributed by atoms with Gasteiger partial charge in [-0.2, -0.15) is 0 Å². The maximum atomic E-state index is 13.0. The smallest absolute Gasteiger partial charge is 0.305 e. The molecule has 42 heavy (non-hydrogen) atoms. The Morgan fingerprint density at radius 2 is 1.17 bits per heavy atom. The number of guanidine groups is 1. The van der Waals surface area contributed by atoms with Gasteiger partial charge in [0.25, 0.3) is 0 Å². The van der Waals surface area contributed by atoms with E-state index in [1.807, 2.05) is 0 Å². The number of carboxylic acid groups (broad SMARTS) is 1. The Morgan fingerprint density at radius 3 is 1.60 bits per heavy atom. The van der Waals surface area contributed by atoms with Crippen molar-refractivity contribution in [2.45, 2.75) is 89.5 Å². The van der Waals surface area contributed by atoms with Crippen LogP contribution in [0.3, 0.4) is 0 Å². The Labute approximate surface area is 243 Å². The van der Waals surface area contributed by atoms with E-state index in [4.69, 9.17) is 28.0 Å². The summed E-state index contributed by atoms with van der Waals surface area (Å²) in [6.45, 7) is 4.45. The number of carbonyl (C=O) groups excluding carboxylic acids is 6. The molecule has 0 saturated carbocycles. The van der Waals surface area contributed by atoms with E-state index in [0.29, 0.717) is 25.8 Å². The zero-order valence-electron chi connectivity index (χ0n) is 24.1. The number of carboxylic acids is 1. The minimum absolute atomic E-state index is 0.0277. The highest BCUT2D eigenvalue weighted by molar-refractivity contribution is 5.96. The second-order valence-corrected chi connectivity index (χ2v) is 9.57. The summed E-state index contributed by atoms with van der Waals surface area (Å²) in [4.78, 5) is 88.9. The van der Waals surface area contributed by atoms with Gasteiger partial charge in [0.2, 0.25) is 35.4 Å². The number of nitrogens with two attached hydrogens (primary N) is 4. The molecule has 0 radical (unpaired) electrons. The summed E-state index contributed by atoms with van der Waals surface area (Å²) < 4.78 is 0. The molecule has 0 aromatic carbocycles. The van der Waals surface area contributed by atoms with Crippen molar-refractivity contribution < 1.29 is 38.7 Å². The van der Waals surface area contributed by atoms with E-state index in [1.165, 1.54) is 20.8 Å². The fraction of sp³-hybridized carbons (Fsp3) is 0.667. The zero-order valence-corrected chi connectivity index (χ0v) is 24.1. The molecule has 0 rings (SSSR count). The Morgan fingerprint density at radius 1 is 0.690 bits per heavy atom. The van der Waals surface area contributed by atoms with E-state index in [-0.39, 0.29) is 25.3 Å². The number of aliphatic imine (C=N–C) groups is 1. The van der Waals surface area contributed by atoms with Crippen molar-refractivity contribution in [2.24, 2.45) is 27.9 Å². The predicted molar refractivity (Wildman–Crippen MR) is 151 cm³/mol. The molecule has 5 atom stereocenters. The van der Waals surface area contributed by atoms with E-state index in [2.05, 4.69) is 31.6 Å². The lowest BCUT2D eigenvalue weighted by Gasteiger charge is -2.24. The number of carbonyl (C=O) groups is 7. The first kappa shape index (κ1) is 37.5. The second-order valence-electron chi connectivity index (χ2n) is 9.57. The largest absolute Gasteiger partial charge is 0.481 e. The molecular weight excluding hydrogens is 556 g/mol. The first-order chi connectivity index (χ1) is 19.6. The Bertz CT molecular complexity index is 1000. The number of rotatable bonds is 20. The van der Waals surface area contributed by atoms with Crippen LogP contribution < -0.4 is 49.5 Å². The monoisotopic (exact) mass is 600 g/mol. The van der Waals surface area contributed by atoms with Gasteiger partial charge in [-0.1, -0.05) is 0 Å². The van der Waals surface area contributed by atoms with Crippen molar-refractivity contribution in [3.05, 3.63) is 0 Å². The highest BCUT2D eigenvalue weighted by atomic mass is 16.4. The molecule has 0 heterocycles. The molecule has 0 aliphatic heterocycles. The molecule has 0 saturated heterocycles. The fourth-order valence-electron chi connectivity index (χ4n) is 3.53. The molecule has 0 unspecified atom stereocenters. The topological polar surface area (TPSA) is 316 Å². The molecule has 0 aliphatic rings. The van der Waals surface area contributed by atoms with Gasteiger partial charge in [0.15, 0.2) is 5.96 Å². The van der Waals surface area contributed by atoms with Gasteiger partial charge < -0.3 is 54.6 Å². The van der Waals surface area contributed by atoms with E-state index >= 15 is 0 Å². The van der Waals surface area contributed by atoms with E-state index in [9.17, 15) is 33.6 Å². The summed E-state index contributed by atoms with van der Waals surface area (Å²) in [6.07, 6.45) is 1.01. The summed E-state index contributed by atoms with van der Waals surface area (Å²) in [5.41, 5.74) is 21.2. The first-order valence-electron chi connectivity index (χ1n) is 13.3. The van der Waals surface area contributed by atoms with Gasteiger partial charge in [-0.25, -0.2) is 0 Å². The zero-order chi connectivity index (χ0) is 32.4. The van der Waals surface area contributed by atoms with Crippen molar-refractivity contribution in [1.82, 2.24) is 26.6 Å². The van der Waals surface area contributed by atoms with Crippen molar-refractivity contribution >= 4 is 47.4 Å². The number of hydrogen-bond acceptors (Lipinski definition) is 9. The summed E-state index contributed by atoms with van der Waals surface area (Å²) in [6, 6.07) is -5.99. The summed E-state index contributed by atoms with van der Waals surface area (Å²) in [5, 5.41) is 21.0. The highest BCUT2D eigenvalue weighted by Gasteiger charge is 2.29. The van der Waals surface area contributed by atoms with Crippen LogP contribution in [0.15, 0.2) is 4.99 Å². The quantitative estimate of drug-likeness (QED) is 0.0361. The molecule has 18 nitrogen and oxygen atoms in total. The molecular formula is C24H44N10O8.